The molecule has 1 aliphatic heterocycles. The van der Waals surface area contributed by atoms with Gasteiger partial charge in [-0.15, -0.1) is 11.3 Å². The lowest BCUT2D eigenvalue weighted by Crippen LogP contribution is -2.57. The van der Waals surface area contributed by atoms with Gasteiger partial charge in [0.05, 0.1) is 28.7 Å². The van der Waals surface area contributed by atoms with Gasteiger partial charge in [0, 0.05) is 6.42 Å². The molecular weight excluding hydrogens is 459 g/mol. The lowest BCUT2D eigenvalue weighted by Gasteiger charge is -2.34. The Morgan fingerprint density at radius 3 is 2.38 bits per heavy atom. The van der Waals surface area contributed by atoms with Crippen LogP contribution in [0.4, 0.5) is 9.18 Å². The predicted molar refractivity (Wildman–Crippen MR) is 128 cm³/mol. The van der Waals surface area contributed by atoms with Crippen molar-refractivity contribution >= 4 is 29.2 Å². The highest BCUT2D eigenvalue weighted by atomic mass is 32.1. The fourth-order valence-corrected chi connectivity index (χ4v) is 4.92. The Kier molecular flexibility index (Phi) is 7.60. The minimum Gasteiger partial charge on any atom is -0.465 e. The summed E-state index contributed by atoms with van der Waals surface area (Å²) in [4.78, 5) is 44.0. The van der Waals surface area contributed by atoms with Gasteiger partial charge in [-0.05, 0) is 30.4 Å². The number of thiazole rings is 1. The van der Waals surface area contributed by atoms with Gasteiger partial charge in [-0.3, -0.25) is 9.59 Å². The first-order chi connectivity index (χ1) is 15.9. The average molecular weight is 491 g/mol. The molecule has 1 aliphatic rings. The number of carbonyl (C=O) groups excluding carboxylic acids is 2. The van der Waals surface area contributed by atoms with Crippen LogP contribution in [0.5, 0.6) is 0 Å². The lowest BCUT2D eigenvalue weighted by molar-refractivity contribution is -0.142. The van der Waals surface area contributed by atoms with E-state index in [2.05, 4.69) is 15.6 Å². The molecule has 34 heavy (non-hydrogen) atoms. The smallest absolute Gasteiger partial charge is 0.405 e. The first-order valence-corrected chi connectivity index (χ1v) is 12.0. The molecule has 0 saturated carbocycles. The van der Waals surface area contributed by atoms with E-state index in [4.69, 9.17) is 5.11 Å². The first kappa shape index (κ1) is 25.6. The number of carbonyl (C=O) groups is 3. The molecule has 1 aromatic heterocycles. The fraction of sp³-hybridized carbons (Fsp3) is 0.500. The van der Waals surface area contributed by atoms with E-state index in [0.29, 0.717) is 0 Å². The van der Waals surface area contributed by atoms with Gasteiger partial charge >= 0.3 is 6.09 Å². The van der Waals surface area contributed by atoms with E-state index in [1.807, 2.05) is 38.1 Å². The van der Waals surface area contributed by atoms with Gasteiger partial charge in [0.2, 0.25) is 11.8 Å². The number of nitrogens with one attached hydrogen (secondary N) is 2. The second-order valence-electron chi connectivity index (χ2n) is 9.71. The van der Waals surface area contributed by atoms with Crippen molar-refractivity contribution < 1.29 is 23.9 Å². The maximum Gasteiger partial charge on any atom is 0.405 e. The van der Waals surface area contributed by atoms with E-state index in [-0.39, 0.29) is 19.0 Å². The van der Waals surface area contributed by atoms with Crippen LogP contribution in [0.2, 0.25) is 0 Å². The van der Waals surface area contributed by atoms with Crippen LogP contribution in [-0.2, 0) is 9.59 Å². The summed E-state index contributed by atoms with van der Waals surface area (Å²) in [6.45, 7) is 8.66. The Morgan fingerprint density at radius 2 is 1.85 bits per heavy atom. The highest BCUT2D eigenvalue weighted by molar-refractivity contribution is 7.13. The number of benzene rings is 1. The Hall–Kier alpha value is -3.01. The third kappa shape index (κ3) is 5.72. The van der Waals surface area contributed by atoms with E-state index in [1.54, 1.807) is 37.6 Å². The Balaban J connectivity index is 1.72. The molecule has 4 atom stereocenters. The average Bonchev–Trinajstić information content (AvgIpc) is 3.36. The van der Waals surface area contributed by atoms with Crippen molar-refractivity contribution in [3.8, 4) is 10.4 Å². The van der Waals surface area contributed by atoms with Crippen LogP contribution in [0, 0.1) is 12.3 Å². The minimum atomic E-state index is -1.36. The summed E-state index contributed by atoms with van der Waals surface area (Å²) in [5, 5.41) is 14.3. The highest BCUT2D eigenvalue weighted by Gasteiger charge is 2.45. The number of likely N-dealkylation sites (tertiary alicyclic amines) is 1. The van der Waals surface area contributed by atoms with Crippen molar-refractivity contribution in [3.63, 3.8) is 0 Å². The zero-order chi connectivity index (χ0) is 25.2. The molecule has 3 rings (SSSR count). The van der Waals surface area contributed by atoms with Crippen molar-refractivity contribution in [3.05, 3.63) is 41.0 Å². The van der Waals surface area contributed by atoms with Crippen LogP contribution in [0.25, 0.3) is 10.4 Å². The highest BCUT2D eigenvalue weighted by Crippen LogP contribution is 2.30. The van der Waals surface area contributed by atoms with Crippen LogP contribution in [-0.4, -0.2) is 57.7 Å². The van der Waals surface area contributed by atoms with Crippen molar-refractivity contribution in [1.82, 2.24) is 20.5 Å². The van der Waals surface area contributed by atoms with Crippen LogP contribution >= 0.6 is 11.3 Å². The zero-order valence-electron chi connectivity index (χ0n) is 20.0. The number of halogens is 1. The third-order valence-electron chi connectivity index (χ3n) is 5.99. The molecule has 1 saturated heterocycles. The number of aryl methyl sites for hydroxylation is 1. The van der Waals surface area contributed by atoms with Gasteiger partial charge in [0.1, 0.15) is 18.3 Å². The van der Waals surface area contributed by atoms with Crippen molar-refractivity contribution in [2.24, 2.45) is 5.41 Å². The van der Waals surface area contributed by atoms with E-state index >= 15 is 0 Å². The SMILES string of the molecule is Cc1ncsc1-c1ccc(C(C)NC(=O)[C@@H]2C[C@H](F)CN2C(=O)C(NC(=O)O)C(C)(C)C)cc1. The molecule has 3 amide bonds. The van der Waals surface area contributed by atoms with Gasteiger partial charge in [0.25, 0.3) is 0 Å². The number of nitrogens with zero attached hydrogens (tertiary/aromatic N) is 2. The van der Waals surface area contributed by atoms with Gasteiger partial charge in [0.15, 0.2) is 0 Å². The van der Waals surface area contributed by atoms with Crippen molar-refractivity contribution in [2.45, 2.75) is 65.3 Å². The maximum atomic E-state index is 14.3. The molecule has 0 radical (unpaired) electrons. The number of hydrogen-bond acceptors (Lipinski definition) is 5. The summed E-state index contributed by atoms with van der Waals surface area (Å²) in [5.74, 6) is -1.07. The minimum absolute atomic E-state index is 0.127. The lowest BCUT2D eigenvalue weighted by atomic mass is 9.85. The zero-order valence-corrected chi connectivity index (χ0v) is 20.8. The normalized spacial score (nSPS) is 20.0. The van der Waals surface area contributed by atoms with Crippen LogP contribution < -0.4 is 10.6 Å². The molecule has 2 aromatic rings. The summed E-state index contributed by atoms with van der Waals surface area (Å²) in [6.07, 6.45) is -2.84. The molecule has 2 unspecified atom stereocenters. The maximum absolute atomic E-state index is 14.3. The number of hydrogen-bond donors (Lipinski definition) is 3. The summed E-state index contributed by atoms with van der Waals surface area (Å²) >= 11 is 1.56. The number of alkyl halides is 1. The number of aromatic nitrogens is 1. The van der Waals surface area contributed by atoms with E-state index in [9.17, 15) is 18.8 Å². The summed E-state index contributed by atoms with van der Waals surface area (Å²) in [7, 11) is 0. The molecule has 3 N–H and O–H groups in total. The molecule has 0 spiro atoms. The number of amides is 3. The van der Waals surface area contributed by atoms with Crippen molar-refractivity contribution in [2.75, 3.05) is 6.54 Å². The molecule has 0 aliphatic carbocycles. The van der Waals surface area contributed by atoms with E-state index < -0.39 is 41.6 Å². The van der Waals surface area contributed by atoms with Crippen LogP contribution in [0.15, 0.2) is 29.8 Å². The first-order valence-electron chi connectivity index (χ1n) is 11.1. The largest absolute Gasteiger partial charge is 0.465 e. The number of carboxylic acid groups (broad SMARTS) is 1. The van der Waals surface area contributed by atoms with Gasteiger partial charge in [-0.25, -0.2) is 14.2 Å². The predicted octanol–water partition coefficient (Wildman–Crippen LogP) is 3.92. The quantitative estimate of drug-likeness (QED) is 0.568. The van der Waals surface area contributed by atoms with Gasteiger partial charge in [-0.2, -0.15) is 0 Å². The van der Waals surface area contributed by atoms with Gasteiger partial charge in [-0.1, -0.05) is 45.0 Å². The molecular formula is C24H31FN4O4S. The summed E-state index contributed by atoms with van der Waals surface area (Å²) in [5.41, 5.74) is 3.90. The van der Waals surface area contributed by atoms with Crippen LogP contribution in [0.1, 0.15) is 51.4 Å². The molecule has 1 fully saturated rings. The van der Waals surface area contributed by atoms with E-state index in [0.717, 1.165) is 26.6 Å². The van der Waals surface area contributed by atoms with E-state index in [1.165, 1.54) is 0 Å². The molecule has 2 heterocycles. The van der Waals surface area contributed by atoms with Crippen molar-refractivity contribution in [1.29, 1.82) is 0 Å². The standard InChI is InChI=1S/C24H31FN4O4S/c1-13(15-6-8-16(9-7-15)19-14(2)26-12-34-19)27-21(30)18-10-17(25)11-29(18)22(31)20(24(3,4)5)28-23(32)33/h6-9,12-13,17-18,20,28H,10-11H2,1-5H3,(H,27,30)(H,32,33)/t13?,17-,18-,20?/m0/s1. The molecule has 0 bridgehead atoms. The van der Waals surface area contributed by atoms with Crippen LogP contribution in [0.3, 0.4) is 0 Å². The Morgan fingerprint density at radius 1 is 1.21 bits per heavy atom. The fourth-order valence-electron chi connectivity index (χ4n) is 4.11. The molecule has 184 valence electrons. The third-order valence-corrected chi connectivity index (χ3v) is 6.97. The topological polar surface area (TPSA) is 112 Å². The summed E-state index contributed by atoms with van der Waals surface area (Å²) in [6, 6.07) is 5.29. The second kappa shape index (κ2) is 10.1. The Labute approximate surface area is 202 Å². The molecule has 8 nitrogen and oxygen atoms in total. The molecule has 10 heteroatoms. The van der Waals surface area contributed by atoms with Gasteiger partial charge < -0.3 is 20.6 Å². The summed E-state index contributed by atoms with van der Waals surface area (Å²) < 4.78 is 14.3. The number of rotatable bonds is 6. The monoisotopic (exact) mass is 490 g/mol. The molecule has 1 aromatic carbocycles. The second-order valence-corrected chi connectivity index (χ2v) is 10.6. The Bertz CT molecular complexity index is 1050.